The van der Waals surface area contributed by atoms with E-state index in [0.29, 0.717) is 6.54 Å². The number of rotatable bonds is 7. The summed E-state index contributed by atoms with van der Waals surface area (Å²) in [5, 5.41) is 9.94. The minimum absolute atomic E-state index is 0.661. The van der Waals surface area contributed by atoms with Crippen molar-refractivity contribution in [2.75, 3.05) is 44.3 Å². The Kier molecular flexibility index (Phi) is 7.47. The molecule has 0 bridgehead atoms. The van der Waals surface area contributed by atoms with Gasteiger partial charge in [-0.3, -0.25) is 0 Å². The van der Waals surface area contributed by atoms with Crippen LogP contribution in [0.2, 0.25) is 0 Å². The van der Waals surface area contributed by atoms with E-state index in [1.807, 2.05) is 6.92 Å². The number of guanidine groups is 1. The molecule has 0 spiro atoms. The Labute approximate surface area is 165 Å². The summed E-state index contributed by atoms with van der Waals surface area (Å²) < 4.78 is 5.42. The number of hydrogen-bond acceptors (Lipinski definition) is 5. The lowest BCUT2D eigenvalue weighted by molar-refractivity contribution is 0.122. The highest BCUT2D eigenvalue weighted by molar-refractivity contribution is 7.09. The summed E-state index contributed by atoms with van der Waals surface area (Å²) in [6.07, 6.45) is 0.906. The lowest BCUT2D eigenvalue weighted by atomic mass is 10.2. The summed E-state index contributed by atoms with van der Waals surface area (Å²) in [7, 11) is 0. The predicted molar refractivity (Wildman–Crippen MR) is 113 cm³/mol. The molecule has 0 radical (unpaired) electrons. The van der Waals surface area contributed by atoms with Crippen LogP contribution in [0.1, 0.15) is 23.2 Å². The summed E-state index contributed by atoms with van der Waals surface area (Å²) in [5.74, 6) is 0.849. The number of benzene rings is 1. The Morgan fingerprint density at radius 1 is 1.22 bits per heavy atom. The zero-order valence-electron chi connectivity index (χ0n) is 16.2. The molecule has 1 aliphatic rings. The van der Waals surface area contributed by atoms with Crippen molar-refractivity contribution in [3.63, 3.8) is 0 Å². The number of hydrogen-bond donors (Lipinski definition) is 2. The molecule has 2 N–H and O–H groups in total. The van der Waals surface area contributed by atoms with Gasteiger partial charge >= 0.3 is 0 Å². The van der Waals surface area contributed by atoms with Gasteiger partial charge in [0.05, 0.1) is 30.5 Å². The molecule has 0 amide bonds. The van der Waals surface area contributed by atoms with E-state index in [2.05, 4.69) is 57.1 Å². The number of nitrogens with zero attached hydrogens (tertiary/aromatic N) is 3. The van der Waals surface area contributed by atoms with E-state index >= 15 is 0 Å². The van der Waals surface area contributed by atoms with Gasteiger partial charge in [-0.05, 0) is 31.5 Å². The van der Waals surface area contributed by atoms with Crippen molar-refractivity contribution in [1.82, 2.24) is 15.6 Å². The first-order valence-corrected chi connectivity index (χ1v) is 10.5. The van der Waals surface area contributed by atoms with Gasteiger partial charge in [-0.1, -0.05) is 12.1 Å². The Morgan fingerprint density at radius 2 is 2.00 bits per heavy atom. The Bertz CT molecular complexity index is 722. The fourth-order valence-corrected chi connectivity index (χ4v) is 3.62. The van der Waals surface area contributed by atoms with Crippen LogP contribution in [0, 0.1) is 6.92 Å². The van der Waals surface area contributed by atoms with Gasteiger partial charge in [-0.2, -0.15) is 0 Å². The molecule has 0 atom stereocenters. The lowest BCUT2D eigenvalue weighted by Crippen LogP contribution is -2.38. The van der Waals surface area contributed by atoms with Crippen LogP contribution in [-0.2, 0) is 17.7 Å². The fourth-order valence-electron chi connectivity index (χ4n) is 2.98. The quantitative estimate of drug-likeness (QED) is 0.565. The highest BCUT2D eigenvalue weighted by Gasteiger charge is 2.10. The van der Waals surface area contributed by atoms with Gasteiger partial charge in [0.2, 0.25) is 0 Å². The maximum Gasteiger partial charge on any atom is 0.191 e. The number of thiazole rings is 1. The minimum Gasteiger partial charge on any atom is -0.378 e. The standard InChI is InChI=1S/C20H29N5OS/c1-3-21-20(22-9-8-18-15-27-16(2)24-18)23-14-17-4-6-19(7-5-17)25-10-12-26-13-11-25/h4-7,15H,3,8-14H2,1-2H3,(H2,21,22,23). The molecule has 2 heterocycles. The van der Waals surface area contributed by atoms with Crippen molar-refractivity contribution >= 4 is 23.0 Å². The average Bonchev–Trinajstić information content (AvgIpc) is 3.12. The maximum absolute atomic E-state index is 5.42. The van der Waals surface area contributed by atoms with Gasteiger partial charge in [0.25, 0.3) is 0 Å². The molecular weight excluding hydrogens is 358 g/mol. The van der Waals surface area contributed by atoms with Crippen LogP contribution in [0.25, 0.3) is 0 Å². The molecule has 0 aliphatic carbocycles. The van der Waals surface area contributed by atoms with Crippen LogP contribution < -0.4 is 15.5 Å². The second kappa shape index (κ2) is 10.3. The smallest absolute Gasteiger partial charge is 0.191 e. The van der Waals surface area contributed by atoms with Gasteiger partial charge in [-0.15, -0.1) is 11.3 Å². The third-order valence-corrected chi connectivity index (χ3v) is 5.24. The zero-order valence-corrected chi connectivity index (χ0v) is 17.0. The monoisotopic (exact) mass is 387 g/mol. The lowest BCUT2D eigenvalue weighted by Gasteiger charge is -2.28. The third kappa shape index (κ3) is 6.22. The van der Waals surface area contributed by atoms with E-state index in [1.165, 1.54) is 11.3 Å². The molecule has 3 rings (SSSR count). The van der Waals surface area contributed by atoms with Crippen molar-refractivity contribution in [2.45, 2.75) is 26.8 Å². The van der Waals surface area contributed by atoms with Crippen molar-refractivity contribution in [3.05, 3.63) is 45.9 Å². The molecule has 1 fully saturated rings. The summed E-state index contributed by atoms with van der Waals surface area (Å²) in [5.41, 5.74) is 3.61. The zero-order chi connectivity index (χ0) is 18.9. The van der Waals surface area contributed by atoms with Crippen LogP contribution in [-0.4, -0.2) is 50.3 Å². The van der Waals surface area contributed by atoms with E-state index in [4.69, 9.17) is 9.73 Å². The Morgan fingerprint density at radius 3 is 2.67 bits per heavy atom. The van der Waals surface area contributed by atoms with Gasteiger partial charge < -0.3 is 20.3 Å². The molecule has 0 unspecified atom stereocenters. The molecule has 1 aliphatic heterocycles. The van der Waals surface area contributed by atoms with Crippen LogP contribution in [0.15, 0.2) is 34.6 Å². The summed E-state index contributed by atoms with van der Waals surface area (Å²) in [6, 6.07) is 8.69. The molecule has 1 aromatic carbocycles. The number of aliphatic imine (C=N–C) groups is 1. The molecule has 146 valence electrons. The number of ether oxygens (including phenoxy) is 1. The maximum atomic E-state index is 5.42. The first-order valence-electron chi connectivity index (χ1n) is 9.59. The largest absolute Gasteiger partial charge is 0.378 e. The van der Waals surface area contributed by atoms with E-state index in [9.17, 15) is 0 Å². The van der Waals surface area contributed by atoms with Crippen molar-refractivity contribution in [2.24, 2.45) is 4.99 Å². The third-order valence-electron chi connectivity index (χ3n) is 4.42. The molecule has 27 heavy (non-hydrogen) atoms. The molecule has 1 aromatic heterocycles. The SMILES string of the molecule is CCNC(=NCc1ccc(N2CCOCC2)cc1)NCCc1csc(C)n1. The van der Waals surface area contributed by atoms with Crippen LogP contribution in [0.4, 0.5) is 5.69 Å². The summed E-state index contributed by atoms with van der Waals surface area (Å²) in [6.45, 7) is 10.00. The van der Waals surface area contributed by atoms with Crippen LogP contribution in [0.3, 0.4) is 0 Å². The summed E-state index contributed by atoms with van der Waals surface area (Å²) in [4.78, 5) is 11.6. The first-order chi connectivity index (χ1) is 13.2. The van der Waals surface area contributed by atoms with Gasteiger partial charge in [0.1, 0.15) is 0 Å². The Hall–Kier alpha value is -2.12. The molecule has 0 saturated carbocycles. The highest BCUT2D eigenvalue weighted by Crippen LogP contribution is 2.17. The van der Waals surface area contributed by atoms with E-state index in [-0.39, 0.29) is 0 Å². The van der Waals surface area contributed by atoms with Crippen molar-refractivity contribution < 1.29 is 4.74 Å². The van der Waals surface area contributed by atoms with Crippen molar-refractivity contribution in [1.29, 1.82) is 0 Å². The van der Waals surface area contributed by atoms with Gasteiger partial charge in [0, 0.05) is 43.7 Å². The van der Waals surface area contributed by atoms with Crippen LogP contribution >= 0.6 is 11.3 Å². The second-order valence-corrected chi connectivity index (χ2v) is 7.56. The number of aromatic nitrogens is 1. The molecule has 2 aromatic rings. The Balaban J connectivity index is 1.50. The highest BCUT2D eigenvalue weighted by atomic mass is 32.1. The molecular formula is C20H29N5OS. The number of morpholine rings is 1. The number of nitrogens with one attached hydrogen (secondary N) is 2. The second-order valence-electron chi connectivity index (χ2n) is 6.50. The van der Waals surface area contributed by atoms with Crippen LogP contribution in [0.5, 0.6) is 0 Å². The topological polar surface area (TPSA) is 61.8 Å². The van der Waals surface area contributed by atoms with Gasteiger partial charge in [0.15, 0.2) is 5.96 Å². The molecule has 6 nitrogen and oxygen atoms in total. The summed E-state index contributed by atoms with van der Waals surface area (Å²) >= 11 is 1.70. The van der Waals surface area contributed by atoms with Crippen molar-refractivity contribution in [3.8, 4) is 0 Å². The van der Waals surface area contributed by atoms with E-state index in [0.717, 1.165) is 62.5 Å². The normalized spacial score (nSPS) is 15.0. The minimum atomic E-state index is 0.661. The molecule has 7 heteroatoms. The number of anilines is 1. The number of aryl methyl sites for hydroxylation is 1. The average molecular weight is 388 g/mol. The fraction of sp³-hybridized carbons (Fsp3) is 0.500. The predicted octanol–water partition coefficient (Wildman–Crippen LogP) is 2.59. The van der Waals surface area contributed by atoms with E-state index < -0.39 is 0 Å². The first kappa shape index (κ1) is 19.6. The van der Waals surface area contributed by atoms with Gasteiger partial charge in [-0.25, -0.2) is 9.98 Å². The van der Waals surface area contributed by atoms with E-state index in [1.54, 1.807) is 11.3 Å². The molecule has 1 saturated heterocycles.